The molecule has 0 radical (unpaired) electrons. The summed E-state index contributed by atoms with van der Waals surface area (Å²) in [7, 11) is 0. The third kappa shape index (κ3) is 5.55. The van der Waals surface area contributed by atoms with Crippen LogP contribution >= 0.6 is 24.0 Å². The zero-order valence-electron chi connectivity index (χ0n) is 8.85. The van der Waals surface area contributed by atoms with Gasteiger partial charge in [-0.25, -0.2) is 0 Å². The van der Waals surface area contributed by atoms with Crippen molar-refractivity contribution in [3.63, 3.8) is 0 Å². The van der Waals surface area contributed by atoms with E-state index in [1.165, 1.54) is 13.8 Å². The second kappa shape index (κ2) is 5.72. The Morgan fingerprint density at radius 3 is 2.31 bits per heavy atom. The van der Waals surface area contributed by atoms with Crippen LogP contribution in [0.1, 0.15) is 13.8 Å². The van der Waals surface area contributed by atoms with Gasteiger partial charge in [0.1, 0.15) is 0 Å². The zero-order valence-corrected chi connectivity index (χ0v) is 10.5. The summed E-state index contributed by atoms with van der Waals surface area (Å²) in [5.41, 5.74) is 0.0122. The summed E-state index contributed by atoms with van der Waals surface area (Å²) in [6, 6.07) is 0. The maximum Gasteiger partial charge on any atom is 0.441 e. The third-order valence-electron chi connectivity index (χ3n) is 1.84. The molecule has 0 aliphatic carbocycles. The van der Waals surface area contributed by atoms with Crippen LogP contribution in [0.3, 0.4) is 0 Å². The second-order valence-corrected chi connectivity index (χ2v) is 5.14. The number of nitrogens with two attached hydrogens (primary N) is 1. The van der Waals surface area contributed by atoms with E-state index in [1.807, 2.05) is 0 Å². The summed E-state index contributed by atoms with van der Waals surface area (Å²) in [4.78, 5) is 11.5. The number of carbonyl (C=O) groups excluding carboxylic acids is 1. The molecule has 0 fully saturated rings. The van der Waals surface area contributed by atoms with E-state index in [-0.39, 0.29) is 29.0 Å². The number of nitrogens with one attached hydrogen (secondary N) is 1. The van der Waals surface area contributed by atoms with Crippen LogP contribution in [0.4, 0.5) is 13.2 Å². The number of carbonyl (C=O) groups is 1. The van der Waals surface area contributed by atoms with E-state index in [0.29, 0.717) is 0 Å². The fourth-order valence-corrected chi connectivity index (χ4v) is 1.19. The first-order valence-corrected chi connectivity index (χ1v) is 5.75. The number of halogens is 3. The Balaban J connectivity index is 3.96. The minimum Gasteiger partial charge on any atom is -0.392 e. The molecule has 3 N–H and O–H groups in total. The Morgan fingerprint density at radius 1 is 1.44 bits per heavy atom. The molecule has 16 heavy (non-hydrogen) atoms. The Labute approximate surface area is 101 Å². The molecule has 0 unspecified atom stereocenters. The molecule has 0 aromatic heterocycles. The van der Waals surface area contributed by atoms with Gasteiger partial charge in [-0.05, 0) is 25.6 Å². The van der Waals surface area contributed by atoms with Crippen LogP contribution in [0.2, 0.25) is 0 Å². The summed E-state index contributed by atoms with van der Waals surface area (Å²) in [6.07, 6.45) is 0. The van der Waals surface area contributed by atoms with Crippen LogP contribution in [-0.2, 0) is 4.79 Å². The van der Waals surface area contributed by atoms with Crippen LogP contribution in [0.15, 0.2) is 0 Å². The van der Waals surface area contributed by atoms with Crippen molar-refractivity contribution in [2.24, 2.45) is 11.1 Å². The Hall–Kier alpha value is -0.500. The van der Waals surface area contributed by atoms with Crippen LogP contribution in [0.5, 0.6) is 0 Å². The Morgan fingerprint density at radius 2 is 1.94 bits per heavy atom. The van der Waals surface area contributed by atoms with Gasteiger partial charge in [-0.1, -0.05) is 12.2 Å². The summed E-state index contributed by atoms with van der Waals surface area (Å²) in [5.74, 6) is -0.703. The Bertz CT molecular complexity index is 279. The number of thiocarbonyl (C=S) groups is 1. The molecule has 0 atom stereocenters. The molecule has 0 aromatic carbocycles. The predicted octanol–water partition coefficient (Wildman–Crippen LogP) is 1.67. The normalized spacial score (nSPS) is 12.3. The van der Waals surface area contributed by atoms with Crippen LogP contribution in [-0.4, -0.2) is 28.7 Å². The van der Waals surface area contributed by atoms with Gasteiger partial charge < -0.3 is 11.1 Å². The van der Waals surface area contributed by atoms with E-state index in [9.17, 15) is 18.0 Å². The summed E-state index contributed by atoms with van der Waals surface area (Å²) < 4.78 is 35.3. The van der Waals surface area contributed by atoms with Gasteiger partial charge in [-0.2, -0.15) is 13.2 Å². The molecule has 0 aliphatic heterocycles. The van der Waals surface area contributed by atoms with Crippen molar-refractivity contribution in [1.82, 2.24) is 5.32 Å². The fraction of sp³-hybridized carbons (Fsp3) is 0.750. The lowest BCUT2D eigenvalue weighted by Gasteiger charge is -2.21. The molecular weight excluding hydrogens is 261 g/mol. The predicted molar refractivity (Wildman–Crippen MR) is 62.1 cm³/mol. The maximum atomic E-state index is 11.8. The second-order valence-electron chi connectivity index (χ2n) is 3.54. The van der Waals surface area contributed by atoms with Crippen molar-refractivity contribution in [3.05, 3.63) is 0 Å². The molecule has 1 amide bonds. The van der Waals surface area contributed by atoms with Crippen molar-refractivity contribution < 1.29 is 18.0 Å². The molecular formula is C8H13F3N2OS2. The highest BCUT2D eigenvalue weighted by Gasteiger charge is 2.31. The SMILES string of the molecule is CC(C)(C(=O)NCCSC(F)(F)F)C(N)=S. The number of rotatable bonds is 5. The molecule has 0 rings (SSSR count). The fourth-order valence-electron chi connectivity index (χ4n) is 0.664. The highest BCUT2D eigenvalue weighted by molar-refractivity contribution is 8.00. The lowest BCUT2D eigenvalue weighted by molar-refractivity contribution is -0.126. The smallest absolute Gasteiger partial charge is 0.392 e. The van der Waals surface area contributed by atoms with Gasteiger partial charge in [0.05, 0.1) is 10.4 Å². The van der Waals surface area contributed by atoms with Crippen molar-refractivity contribution >= 4 is 34.9 Å². The topological polar surface area (TPSA) is 55.1 Å². The monoisotopic (exact) mass is 274 g/mol. The van der Waals surface area contributed by atoms with Gasteiger partial charge >= 0.3 is 5.51 Å². The van der Waals surface area contributed by atoms with Gasteiger partial charge in [-0.3, -0.25) is 4.79 Å². The van der Waals surface area contributed by atoms with Crippen molar-refractivity contribution in [2.45, 2.75) is 19.4 Å². The molecule has 0 aliphatic rings. The first kappa shape index (κ1) is 15.5. The lowest BCUT2D eigenvalue weighted by atomic mass is 9.92. The van der Waals surface area contributed by atoms with Gasteiger partial charge in [-0.15, -0.1) is 0 Å². The van der Waals surface area contributed by atoms with E-state index in [1.54, 1.807) is 0 Å². The maximum absolute atomic E-state index is 11.8. The molecule has 3 nitrogen and oxygen atoms in total. The summed E-state index contributed by atoms with van der Waals surface area (Å²) >= 11 is 4.49. The van der Waals surface area contributed by atoms with Crippen molar-refractivity contribution in [3.8, 4) is 0 Å². The first-order valence-electron chi connectivity index (χ1n) is 4.36. The third-order valence-corrected chi connectivity index (χ3v) is 3.08. The average Bonchev–Trinajstić information content (AvgIpc) is 2.10. The van der Waals surface area contributed by atoms with E-state index >= 15 is 0 Å². The minimum atomic E-state index is -4.27. The number of thioether (sulfide) groups is 1. The zero-order chi connectivity index (χ0) is 13.0. The van der Waals surface area contributed by atoms with E-state index in [2.05, 4.69) is 17.5 Å². The Kier molecular flexibility index (Phi) is 5.54. The molecule has 0 saturated carbocycles. The van der Waals surface area contributed by atoms with E-state index in [4.69, 9.17) is 5.73 Å². The van der Waals surface area contributed by atoms with Gasteiger partial charge in [0.2, 0.25) is 5.91 Å². The highest BCUT2D eigenvalue weighted by Crippen LogP contribution is 2.29. The minimum absolute atomic E-state index is 0.00785. The molecule has 0 spiro atoms. The quantitative estimate of drug-likeness (QED) is 0.591. The average molecular weight is 274 g/mol. The molecule has 0 bridgehead atoms. The van der Waals surface area contributed by atoms with Crippen LogP contribution < -0.4 is 11.1 Å². The van der Waals surface area contributed by atoms with Gasteiger partial charge in [0.15, 0.2) is 0 Å². The first-order chi connectivity index (χ1) is 7.07. The summed E-state index contributed by atoms with van der Waals surface area (Å²) in [5, 5.41) is 2.35. The van der Waals surface area contributed by atoms with Crippen LogP contribution in [0.25, 0.3) is 0 Å². The van der Waals surface area contributed by atoms with E-state index in [0.717, 1.165) is 0 Å². The molecule has 0 heterocycles. The van der Waals surface area contributed by atoms with Gasteiger partial charge in [0.25, 0.3) is 0 Å². The molecule has 0 saturated heterocycles. The number of amides is 1. The molecule has 8 heteroatoms. The van der Waals surface area contributed by atoms with Gasteiger partial charge in [0, 0.05) is 12.3 Å². The number of hydrogen-bond donors (Lipinski definition) is 2. The standard InChI is InChI=1S/C8H13F3N2OS2/c1-7(2,5(12)15)6(14)13-3-4-16-8(9,10)11/h3-4H2,1-2H3,(H2,12,15)(H,13,14). The number of alkyl halides is 3. The van der Waals surface area contributed by atoms with Crippen LogP contribution in [0, 0.1) is 5.41 Å². The molecule has 94 valence electrons. The summed E-state index contributed by atoms with van der Waals surface area (Å²) in [6.45, 7) is 2.96. The number of hydrogen-bond acceptors (Lipinski definition) is 3. The molecule has 0 aromatic rings. The van der Waals surface area contributed by atoms with Crippen molar-refractivity contribution in [2.75, 3.05) is 12.3 Å². The largest absolute Gasteiger partial charge is 0.441 e. The van der Waals surface area contributed by atoms with Crippen molar-refractivity contribution in [1.29, 1.82) is 0 Å². The lowest BCUT2D eigenvalue weighted by Crippen LogP contribution is -2.45. The van der Waals surface area contributed by atoms with E-state index < -0.39 is 16.8 Å². The highest BCUT2D eigenvalue weighted by atomic mass is 32.2.